The Balaban J connectivity index is 1.61. The van der Waals surface area contributed by atoms with Crippen molar-refractivity contribution in [3.05, 3.63) is 53.6 Å². The summed E-state index contributed by atoms with van der Waals surface area (Å²) in [6.07, 6.45) is 4.73. The monoisotopic (exact) mass is 444 g/mol. The highest BCUT2D eigenvalue weighted by Gasteiger charge is 2.21. The average molecular weight is 445 g/mol. The highest BCUT2D eigenvalue weighted by atomic mass is 16.5. The van der Waals surface area contributed by atoms with Crippen LogP contribution in [0.2, 0.25) is 0 Å². The van der Waals surface area contributed by atoms with E-state index >= 15 is 0 Å². The number of fused-ring (bicyclic) bond motifs is 3. The van der Waals surface area contributed by atoms with Gasteiger partial charge in [0.15, 0.2) is 5.82 Å². The zero-order valence-corrected chi connectivity index (χ0v) is 19.4. The Kier molecular flexibility index (Phi) is 6.05. The number of anilines is 2. The number of nitrogens with two attached hydrogens (primary N) is 1. The molecule has 0 unspecified atom stereocenters. The largest absolute Gasteiger partial charge is 0.496 e. The fourth-order valence-corrected chi connectivity index (χ4v) is 4.40. The molecule has 7 nitrogen and oxygen atoms in total. The van der Waals surface area contributed by atoms with Crippen LogP contribution in [0.3, 0.4) is 0 Å². The number of hydrogen-bond acceptors (Lipinski definition) is 6. The first kappa shape index (κ1) is 21.5. The van der Waals surface area contributed by atoms with Crippen molar-refractivity contribution >= 4 is 33.7 Å². The van der Waals surface area contributed by atoms with Crippen LogP contribution in [-0.2, 0) is 13.1 Å². The van der Waals surface area contributed by atoms with Crippen molar-refractivity contribution in [1.29, 1.82) is 0 Å². The Bertz CT molecular complexity index is 1280. The standard InChI is InChI=1S/C26H32N6O/c1-3-4-13-28-25-24-23(30-26(27)31-25)20-7-5-6-8-21(20)32(24)16-18-14-17(9-12-22(18)33-2)15-29-19-10-11-19/h5-9,12,14,19,29H,3-4,10-11,13,15-16H2,1-2H3,(H3,27,28,30,31). The molecular weight excluding hydrogens is 412 g/mol. The van der Waals surface area contributed by atoms with Gasteiger partial charge in [0.25, 0.3) is 0 Å². The maximum absolute atomic E-state index is 6.11. The van der Waals surface area contributed by atoms with Crippen molar-refractivity contribution in [2.24, 2.45) is 0 Å². The van der Waals surface area contributed by atoms with Crippen LogP contribution in [-0.4, -0.2) is 34.2 Å². The van der Waals surface area contributed by atoms with E-state index in [1.807, 2.05) is 6.07 Å². The van der Waals surface area contributed by atoms with Crippen molar-refractivity contribution < 1.29 is 4.74 Å². The van der Waals surface area contributed by atoms with Crippen LogP contribution in [0.15, 0.2) is 42.5 Å². The normalized spacial score (nSPS) is 13.6. The summed E-state index contributed by atoms with van der Waals surface area (Å²) >= 11 is 0. The maximum Gasteiger partial charge on any atom is 0.222 e. The number of hydrogen-bond donors (Lipinski definition) is 3. The predicted molar refractivity (Wildman–Crippen MR) is 135 cm³/mol. The van der Waals surface area contributed by atoms with E-state index in [1.54, 1.807) is 7.11 Å². The van der Waals surface area contributed by atoms with Gasteiger partial charge >= 0.3 is 0 Å². The molecule has 4 N–H and O–H groups in total. The van der Waals surface area contributed by atoms with Gasteiger partial charge in [0.05, 0.1) is 19.2 Å². The second-order valence-electron chi connectivity index (χ2n) is 8.81. The van der Waals surface area contributed by atoms with Crippen LogP contribution >= 0.6 is 0 Å². The molecule has 2 aromatic heterocycles. The summed E-state index contributed by atoms with van der Waals surface area (Å²) in [6, 6.07) is 15.5. The molecule has 7 heteroatoms. The zero-order chi connectivity index (χ0) is 22.8. The Morgan fingerprint density at radius 2 is 2.00 bits per heavy atom. The third-order valence-corrected chi connectivity index (χ3v) is 6.29. The number of aromatic nitrogens is 3. The van der Waals surface area contributed by atoms with Gasteiger partial charge in [-0.1, -0.05) is 37.6 Å². The third-order valence-electron chi connectivity index (χ3n) is 6.29. The van der Waals surface area contributed by atoms with E-state index < -0.39 is 0 Å². The van der Waals surface area contributed by atoms with Gasteiger partial charge in [-0.2, -0.15) is 4.98 Å². The van der Waals surface area contributed by atoms with Crippen molar-refractivity contribution in [3.63, 3.8) is 0 Å². The van der Waals surface area contributed by atoms with Crippen LogP contribution in [0.25, 0.3) is 21.9 Å². The van der Waals surface area contributed by atoms with Crippen LogP contribution in [0.5, 0.6) is 5.75 Å². The lowest BCUT2D eigenvalue weighted by atomic mass is 10.1. The Morgan fingerprint density at radius 1 is 1.15 bits per heavy atom. The highest BCUT2D eigenvalue weighted by Crippen LogP contribution is 2.34. The summed E-state index contributed by atoms with van der Waals surface area (Å²) in [5.74, 6) is 1.95. The van der Waals surface area contributed by atoms with E-state index in [0.29, 0.717) is 12.6 Å². The number of nitrogens with zero attached hydrogens (tertiary/aromatic N) is 3. The lowest BCUT2D eigenvalue weighted by molar-refractivity contribution is 0.408. The molecule has 172 valence electrons. The van der Waals surface area contributed by atoms with Crippen molar-refractivity contribution in [2.75, 3.05) is 24.7 Å². The lowest BCUT2D eigenvalue weighted by Gasteiger charge is -2.15. The molecule has 0 amide bonds. The molecule has 2 aromatic carbocycles. The van der Waals surface area contributed by atoms with E-state index in [9.17, 15) is 0 Å². The Labute approximate surface area is 194 Å². The lowest BCUT2D eigenvalue weighted by Crippen LogP contribution is -2.15. The molecule has 0 atom stereocenters. The molecule has 4 aromatic rings. The summed E-state index contributed by atoms with van der Waals surface area (Å²) in [5, 5.41) is 8.19. The van der Waals surface area contributed by atoms with Crippen LogP contribution < -0.4 is 21.1 Å². The summed E-state index contributed by atoms with van der Waals surface area (Å²) in [4.78, 5) is 9.22. The fourth-order valence-electron chi connectivity index (χ4n) is 4.40. The summed E-state index contributed by atoms with van der Waals surface area (Å²) in [5.41, 5.74) is 11.5. The van der Waals surface area contributed by atoms with Crippen molar-refractivity contribution in [1.82, 2.24) is 19.9 Å². The quantitative estimate of drug-likeness (QED) is 0.308. The number of methoxy groups -OCH3 is 1. The minimum Gasteiger partial charge on any atom is -0.496 e. The van der Waals surface area contributed by atoms with E-state index in [4.69, 9.17) is 10.5 Å². The van der Waals surface area contributed by atoms with E-state index in [0.717, 1.165) is 65.0 Å². The molecule has 2 heterocycles. The zero-order valence-electron chi connectivity index (χ0n) is 19.4. The van der Waals surface area contributed by atoms with Gasteiger partial charge in [0.2, 0.25) is 5.95 Å². The van der Waals surface area contributed by atoms with Gasteiger partial charge in [-0.15, -0.1) is 0 Å². The summed E-state index contributed by atoms with van der Waals surface area (Å²) < 4.78 is 8.03. The molecule has 0 saturated heterocycles. The molecule has 1 saturated carbocycles. The molecule has 0 radical (unpaired) electrons. The SMILES string of the molecule is CCCCNc1nc(N)nc2c3ccccc3n(Cc3cc(CNC4CC4)ccc3OC)c12. The number of rotatable bonds is 10. The molecule has 0 bridgehead atoms. The maximum atomic E-state index is 6.11. The molecule has 5 rings (SSSR count). The molecule has 1 aliphatic rings. The van der Waals surface area contributed by atoms with Gasteiger partial charge in [-0.25, -0.2) is 4.98 Å². The molecule has 1 fully saturated rings. The number of benzene rings is 2. The smallest absolute Gasteiger partial charge is 0.222 e. The molecule has 33 heavy (non-hydrogen) atoms. The van der Waals surface area contributed by atoms with E-state index in [1.165, 1.54) is 18.4 Å². The summed E-state index contributed by atoms with van der Waals surface area (Å²) in [6.45, 7) is 4.55. The third kappa shape index (κ3) is 4.46. The highest BCUT2D eigenvalue weighted by molar-refractivity contribution is 6.09. The minimum atomic E-state index is 0.287. The second-order valence-corrected chi connectivity index (χ2v) is 8.81. The fraction of sp³-hybridized carbons (Fsp3) is 0.385. The number of unbranched alkanes of at least 4 members (excludes halogenated alkanes) is 1. The van der Waals surface area contributed by atoms with Gasteiger partial charge < -0.3 is 25.7 Å². The number of para-hydroxylation sites is 1. The first-order valence-corrected chi connectivity index (χ1v) is 11.9. The van der Waals surface area contributed by atoms with Gasteiger partial charge in [0.1, 0.15) is 16.8 Å². The predicted octanol–water partition coefficient (Wildman–Crippen LogP) is 4.69. The first-order valence-electron chi connectivity index (χ1n) is 11.9. The van der Waals surface area contributed by atoms with E-state index in [-0.39, 0.29) is 5.95 Å². The molecule has 1 aliphatic carbocycles. The van der Waals surface area contributed by atoms with Gasteiger partial charge in [-0.05, 0) is 43.0 Å². The number of nitrogen functional groups attached to an aromatic ring is 1. The molecule has 0 spiro atoms. The average Bonchev–Trinajstić information content (AvgIpc) is 3.61. The van der Waals surface area contributed by atoms with Gasteiger partial charge in [0, 0.05) is 30.1 Å². The Morgan fingerprint density at radius 3 is 2.79 bits per heavy atom. The van der Waals surface area contributed by atoms with Crippen LogP contribution in [0.4, 0.5) is 11.8 Å². The topological polar surface area (TPSA) is 90.0 Å². The Hall–Kier alpha value is -3.32. The first-order chi connectivity index (χ1) is 16.2. The number of nitrogens with one attached hydrogen (secondary N) is 2. The van der Waals surface area contributed by atoms with Gasteiger partial charge in [-0.3, -0.25) is 0 Å². The molecule has 0 aliphatic heterocycles. The minimum absolute atomic E-state index is 0.287. The van der Waals surface area contributed by atoms with Crippen molar-refractivity contribution in [2.45, 2.75) is 51.7 Å². The number of ether oxygens (including phenoxy) is 1. The summed E-state index contributed by atoms with van der Waals surface area (Å²) in [7, 11) is 1.73. The molecular formula is C26H32N6O. The van der Waals surface area contributed by atoms with E-state index in [2.05, 4.69) is 68.5 Å². The second kappa shape index (κ2) is 9.27. The van der Waals surface area contributed by atoms with Crippen LogP contribution in [0, 0.1) is 0 Å². The van der Waals surface area contributed by atoms with Crippen molar-refractivity contribution in [3.8, 4) is 5.75 Å². The van der Waals surface area contributed by atoms with Crippen LogP contribution in [0.1, 0.15) is 43.7 Å².